The molecule has 0 saturated heterocycles. The fourth-order valence-electron chi connectivity index (χ4n) is 1.88. The van der Waals surface area contributed by atoms with Gasteiger partial charge in [-0.1, -0.05) is 0 Å². The van der Waals surface area contributed by atoms with E-state index in [2.05, 4.69) is 10.6 Å². The van der Waals surface area contributed by atoms with E-state index in [0.29, 0.717) is 13.0 Å². The summed E-state index contributed by atoms with van der Waals surface area (Å²) in [6.45, 7) is 1.33. The molecule has 0 aliphatic rings. The van der Waals surface area contributed by atoms with Crippen LogP contribution in [0.2, 0.25) is 0 Å². The van der Waals surface area contributed by atoms with E-state index in [0.717, 1.165) is 19.0 Å². The number of aliphatic hydroxyl groups excluding tert-OH is 5. The van der Waals surface area contributed by atoms with Gasteiger partial charge in [0, 0.05) is 12.7 Å². The summed E-state index contributed by atoms with van der Waals surface area (Å²) in [5, 5.41) is 52.0. The first-order valence-corrected chi connectivity index (χ1v) is 7.30. The number of carbonyl (C=O) groups excluding carboxylic acids is 1. The highest BCUT2D eigenvalue weighted by atomic mass is 16.4. The Morgan fingerprint density at radius 1 is 1.23 bits per heavy atom. The van der Waals surface area contributed by atoms with Crippen molar-refractivity contribution in [2.75, 3.05) is 20.2 Å². The van der Waals surface area contributed by atoms with Crippen LogP contribution in [-0.2, 0) is 4.79 Å². The Kier molecular flexibility index (Phi) is 10.8. The Hall–Kier alpha value is -1.19. The Balaban J connectivity index is 4.00. The number of nitrogens with one attached hydrogen (secondary N) is 2. The van der Waals surface area contributed by atoms with Gasteiger partial charge in [-0.25, -0.2) is 0 Å². The number of likely N-dealkylation sites (N-methyl/N-ethyl adjacent to an activating group) is 1. The van der Waals surface area contributed by atoms with Crippen molar-refractivity contribution >= 4 is 5.78 Å². The molecule has 0 radical (unpaired) electrons. The molecule has 0 saturated carbocycles. The van der Waals surface area contributed by atoms with Crippen LogP contribution in [0.25, 0.3) is 0 Å². The van der Waals surface area contributed by atoms with Crippen molar-refractivity contribution in [1.82, 2.24) is 10.6 Å². The lowest BCUT2D eigenvalue weighted by Crippen LogP contribution is -2.40. The number of Topliss-reactive ketones (excluding diaryl/α,β-unsaturated/α-hetero) is 1. The van der Waals surface area contributed by atoms with E-state index in [-0.39, 0.29) is 11.8 Å². The van der Waals surface area contributed by atoms with Gasteiger partial charge in [0.05, 0.1) is 12.6 Å². The van der Waals surface area contributed by atoms with E-state index in [1.165, 1.54) is 6.92 Å². The van der Waals surface area contributed by atoms with Crippen LogP contribution < -0.4 is 10.6 Å². The second-order valence-electron chi connectivity index (χ2n) is 5.16. The molecule has 0 spiro atoms. The molecule has 130 valence electrons. The molecule has 4 atom stereocenters. The number of hydrogen-bond acceptors (Lipinski definition) is 8. The summed E-state index contributed by atoms with van der Waals surface area (Å²) >= 11 is 0. The minimum absolute atomic E-state index is 0.0903. The average molecular weight is 320 g/mol. The lowest BCUT2D eigenvalue weighted by molar-refractivity contribution is -0.119. The zero-order chi connectivity index (χ0) is 17.1. The van der Waals surface area contributed by atoms with E-state index in [1.54, 1.807) is 7.05 Å². The van der Waals surface area contributed by atoms with Gasteiger partial charge in [-0.3, -0.25) is 4.79 Å². The van der Waals surface area contributed by atoms with Crippen LogP contribution in [0.1, 0.15) is 26.2 Å². The largest absolute Gasteiger partial charge is 0.508 e. The molecule has 0 aliphatic heterocycles. The van der Waals surface area contributed by atoms with Crippen LogP contribution in [0.4, 0.5) is 0 Å². The van der Waals surface area contributed by atoms with Gasteiger partial charge in [0.1, 0.15) is 29.9 Å². The molecule has 8 heteroatoms. The summed E-state index contributed by atoms with van der Waals surface area (Å²) in [5.41, 5.74) is 0. The van der Waals surface area contributed by atoms with Crippen molar-refractivity contribution in [3.8, 4) is 0 Å². The van der Waals surface area contributed by atoms with Crippen LogP contribution in [-0.4, -0.2) is 75.9 Å². The number of unbranched alkanes of at least 4 members (excludes halogenated alkanes) is 1. The van der Waals surface area contributed by atoms with Crippen molar-refractivity contribution in [3.63, 3.8) is 0 Å². The van der Waals surface area contributed by atoms with Gasteiger partial charge >= 0.3 is 0 Å². The van der Waals surface area contributed by atoms with E-state index < -0.39 is 30.7 Å². The fraction of sp³-hybridized carbons (Fsp3) is 0.786. The van der Waals surface area contributed by atoms with Crippen molar-refractivity contribution in [2.24, 2.45) is 0 Å². The highest BCUT2D eigenvalue weighted by Crippen LogP contribution is 2.07. The summed E-state index contributed by atoms with van der Waals surface area (Å²) in [5.74, 6) is -0.440. The van der Waals surface area contributed by atoms with Crippen LogP contribution in [0.15, 0.2) is 12.0 Å². The lowest BCUT2D eigenvalue weighted by atomic mass is 10.1. The fourth-order valence-corrected chi connectivity index (χ4v) is 1.88. The minimum atomic E-state index is -1.68. The zero-order valence-corrected chi connectivity index (χ0v) is 13.1. The van der Waals surface area contributed by atoms with E-state index >= 15 is 0 Å². The molecule has 4 unspecified atom stereocenters. The topological polar surface area (TPSA) is 142 Å². The average Bonchev–Trinajstić information content (AvgIpc) is 2.51. The van der Waals surface area contributed by atoms with Crippen LogP contribution in [0, 0.1) is 0 Å². The van der Waals surface area contributed by atoms with Crippen LogP contribution in [0.5, 0.6) is 0 Å². The van der Waals surface area contributed by atoms with Crippen molar-refractivity contribution in [3.05, 3.63) is 12.0 Å². The van der Waals surface area contributed by atoms with Gasteiger partial charge in [-0.2, -0.15) is 0 Å². The second-order valence-corrected chi connectivity index (χ2v) is 5.16. The Labute approximate surface area is 130 Å². The van der Waals surface area contributed by atoms with Gasteiger partial charge in [-0.05, 0) is 33.2 Å². The third-order valence-corrected chi connectivity index (χ3v) is 3.36. The summed E-state index contributed by atoms with van der Waals surface area (Å²) in [6, 6.07) is -0.152. The summed E-state index contributed by atoms with van der Waals surface area (Å²) in [6.07, 6.45) is -1.47. The maximum absolute atomic E-state index is 11.2. The number of hydrogen-bond donors (Lipinski definition) is 7. The standard InChI is InChI=1S/C14H28N2O6/c1-9(18)10(15-2)5-3-4-6-16-7-11(19)13(21)14(22)12(20)8-17/h7,10,12-17,19-22H,3-6,8H2,1-2H3/b11-7-. The van der Waals surface area contributed by atoms with Gasteiger partial charge in [-0.15, -0.1) is 0 Å². The Morgan fingerprint density at radius 3 is 2.36 bits per heavy atom. The predicted molar refractivity (Wildman–Crippen MR) is 81.2 cm³/mol. The quantitative estimate of drug-likeness (QED) is 0.168. The Morgan fingerprint density at radius 2 is 1.86 bits per heavy atom. The maximum atomic E-state index is 11.2. The molecule has 0 bridgehead atoms. The summed E-state index contributed by atoms with van der Waals surface area (Å²) in [4.78, 5) is 11.2. The van der Waals surface area contributed by atoms with E-state index in [1.807, 2.05) is 0 Å². The third-order valence-electron chi connectivity index (χ3n) is 3.36. The molecule has 0 aromatic carbocycles. The second kappa shape index (κ2) is 11.4. The summed E-state index contributed by atoms with van der Waals surface area (Å²) in [7, 11) is 1.73. The molecule has 22 heavy (non-hydrogen) atoms. The first-order chi connectivity index (χ1) is 10.3. The Bertz CT molecular complexity index is 350. The molecule has 0 fully saturated rings. The first-order valence-electron chi connectivity index (χ1n) is 7.30. The highest BCUT2D eigenvalue weighted by molar-refractivity contribution is 5.81. The zero-order valence-electron chi connectivity index (χ0n) is 13.1. The SMILES string of the molecule is CNC(CCCCN/C=C(\O)C(O)C(O)C(O)CO)C(C)=O. The van der Waals surface area contributed by atoms with Gasteiger partial charge < -0.3 is 36.2 Å². The molecule has 0 rings (SSSR count). The number of aliphatic hydroxyl groups is 5. The van der Waals surface area contributed by atoms with Crippen molar-refractivity contribution in [1.29, 1.82) is 0 Å². The van der Waals surface area contributed by atoms with Gasteiger partial charge in [0.2, 0.25) is 0 Å². The van der Waals surface area contributed by atoms with Gasteiger partial charge in [0.25, 0.3) is 0 Å². The third kappa shape index (κ3) is 7.71. The summed E-state index contributed by atoms with van der Waals surface area (Å²) < 4.78 is 0. The minimum Gasteiger partial charge on any atom is -0.508 e. The van der Waals surface area contributed by atoms with E-state index in [9.17, 15) is 20.1 Å². The lowest BCUT2D eigenvalue weighted by Gasteiger charge is -2.20. The molecule has 0 amide bonds. The van der Waals surface area contributed by atoms with Crippen molar-refractivity contribution < 1.29 is 30.3 Å². The molecule has 0 aromatic rings. The highest BCUT2D eigenvalue weighted by Gasteiger charge is 2.26. The molecule has 7 N–H and O–H groups in total. The maximum Gasteiger partial charge on any atom is 0.146 e. The van der Waals surface area contributed by atoms with Gasteiger partial charge in [0.15, 0.2) is 0 Å². The molecular weight excluding hydrogens is 292 g/mol. The van der Waals surface area contributed by atoms with Crippen molar-refractivity contribution in [2.45, 2.75) is 50.5 Å². The molecular formula is C14H28N2O6. The number of rotatable bonds is 12. The van der Waals surface area contributed by atoms with E-state index in [4.69, 9.17) is 10.2 Å². The molecule has 0 heterocycles. The molecule has 8 nitrogen and oxygen atoms in total. The van der Waals surface area contributed by atoms with Crippen LogP contribution in [0.3, 0.4) is 0 Å². The smallest absolute Gasteiger partial charge is 0.146 e. The molecule has 0 aliphatic carbocycles. The van der Waals surface area contributed by atoms with Crippen LogP contribution >= 0.6 is 0 Å². The predicted octanol–water partition coefficient (Wildman–Crippen LogP) is -1.60. The first kappa shape index (κ1) is 20.8. The number of ketones is 1. The normalized spacial score (nSPS) is 17.6. The number of carbonyl (C=O) groups is 1. The monoisotopic (exact) mass is 320 g/mol. The molecule has 0 aromatic heterocycles.